The van der Waals surface area contributed by atoms with Crippen LogP contribution >= 0.6 is 0 Å². The van der Waals surface area contributed by atoms with Gasteiger partial charge in [-0.25, -0.2) is 4.98 Å². The Bertz CT molecular complexity index is 1130. The van der Waals surface area contributed by atoms with Gasteiger partial charge in [0.15, 0.2) is 12.4 Å². The number of aliphatic imine (C=N–C) groups is 1. The van der Waals surface area contributed by atoms with Crippen molar-refractivity contribution in [1.29, 1.82) is 0 Å². The van der Waals surface area contributed by atoms with Crippen LogP contribution in [-0.2, 0) is 0 Å². The number of hydrogen-bond donors (Lipinski definition) is 1. The van der Waals surface area contributed by atoms with Gasteiger partial charge in [-0.3, -0.25) is 4.99 Å². The van der Waals surface area contributed by atoms with Gasteiger partial charge in [-0.15, -0.1) is 0 Å². The van der Waals surface area contributed by atoms with E-state index in [1.54, 1.807) is 0 Å². The van der Waals surface area contributed by atoms with Crippen LogP contribution < -0.4 is 4.98 Å². The third-order valence-corrected chi connectivity index (χ3v) is 4.65. The molecule has 0 aliphatic carbocycles. The highest BCUT2D eigenvalue weighted by Crippen LogP contribution is 2.40. The molecule has 1 aliphatic heterocycles. The molecule has 2 aromatic carbocycles. The number of nitrogens with one attached hydrogen (secondary N) is 2. The first kappa shape index (κ1) is 13.9. The van der Waals surface area contributed by atoms with Crippen LogP contribution in [0.15, 0.2) is 84.2 Å². The topological polar surface area (TPSA) is 42.3 Å². The number of aromatic nitrogens is 2. The minimum absolute atomic E-state index is 1.02. The fraction of sp³-hybridized carbons (Fsp3) is 0. The molecule has 0 atom stereocenters. The van der Waals surface area contributed by atoms with E-state index in [0.29, 0.717) is 0 Å². The molecule has 4 aromatic rings. The smallest absolute Gasteiger partial charge is 0.174 e. The van der Waals surface area contributed by atoms with Crippen LogP contribution in [0.2, 0.25) is 0 Å². The Kier molecular flexibility index (Phi) is 3.10. The molecule has 2 aromatic heterocycles. The molecule has 0 radical (unpaired) electrons. The molecule has 0 amide bonds. The summed E-state index contributed by atoms with van der Waals surface area (Å²) in [7, 11) is 0. The quantitative estimate of drug-likeness (QED) is 0.558. The van der Waals surface area contributed by atoms with Crippen molar-refractivity contribution in [1.82, 2.24) is 4.98 Å². The highest BCUT2D eigenvalue weighted by atomic mass is 14.8. The van der Waals surface area contributed by atoms with Crippen molar-refractivity contribution in [3.05, 3.63) is 95.9 Å². The second-order valence-electron chi connectivity index (χ2n) is 6.10. The molecule has 118 valence electrons. The first-order chi connectivity index (χ1) is 12.4. The van der Waals surface area contributed by atoms with Gasteiger partial charge in [0, 0.05) is 57.2 Å². The fourth-order valence-electron chi connectivity index (χ4n) is 3.50. The molecule has 2 N–H and O–H groups in total. The van der Waals surface area contributed by atoms with Gasteiger partial charge in [0.1, 0.15) is 0 Å². The van der Waals surface area contributed by atoms with Gasteiger partial charge in [-0.1, -0.05) is 36.4 Å². The summed E-state index contributed by atoms with van der Waals surface area (Å²) in [5, 5.41) is 1.21. The number of para-hydroxylation sites is 2. The Balaban J connectivity index is 1.86. The zero-order chi connectivity index (χ0) is 16.6. The maximum atomic E-state index is 4.61. The summed E-state index contributed by atoms with van der Waals surface area (Å²) in [6, 6.07) is 20.9. The Hall–Kier alpha value is -3.46. The molecule has 5 rings (SSSR count). The molecular formula is C22H16N3+. The number of aromatic amines is 2. The average molecular weight is 322 g/mol. The molecule has 0 fully saturated rings. The highest BCUT2D eigenvalue weighted by molar-refractivity contribution is 6.27. The Morgan fingerprint density at radius 2 is 1.80 bits per heavy atom. The van der Waals surface area contributed by atoms with E-state index >= 15 is 0 Å². The first-order valence-corrected chi connectivity index (χ1v) is 8.32. The number of fused-ring (bicyclic) bond motifs is 2. The number of pyridine rings is 1. The van der Waals surface area contributed by atoms with Gasteiger partial charge in [0.25, 0.3) is 0 Å². The normalized spacial score (nSPS) is 14.7. The zero-order valence-electron chi connectivity index (χ0n) is 13.5. The molecular weight excluding hydrogens is 306 g/mol. The molecule has 0 saturated heterocycles. The van der Waals surface area contributed by atoms with Gasteiger partial charge in [0.05, 0.1) is 5.69 Å². The van der Waals surface area contributed by atoms with Crippen LogP contribution in [0.25, 0.3) is 22.0 Å². The minimum atomic E-state index is 1.02. The fourth-order valence-corrected chi connectivity index (χ4v) is 3.50. The molecule has 3 nitrogen and oxygen atoms in total. The van der Waals surface area contributed by atoms with Gasteiger partial charge in [-0.05, 0) is 18.2 Å². The lowest BCUT2D eigenvalue weighted by atomic mass is 9.91. The predicted octanol–water partition coefficient (Wildman–Crippen LogP) is 4.66. The van der Waals surface area contributed by atoms with Crippen molar-refractivity contribution in [3.63, 3.8) is 0 Å². The van der Waals surface area contributed by atoms with E-state index in [0.717, 1.165) is 22.3 Å². The Morgan fingerprint density at radius 1 is 0.920 bits per heavy atom. The summed E-state index contributed by atoms with van der Waals surface area (Å²) in [6.07, 6.45) is 8.04. The van der Waals surface area contributed by atoms with E-state index in [1.165, 1.54) is 22.1 Å². The lowest BCUT2D eigenvalue weighted by Crippen LogP contribution is -2.02. The van der Waals surface area contributed by atoms with Crippen molar-refractivity contribution < 1.29 is 4.98 Å². The second-order valence-corrected chi connectivity index (χ2v) is 6.10. The largest absolute Gasteiger partial charge is 0.361 e. The van der Waals surface area contributed by atoms with E-state index in [2.05, 4.69) is 69.7 Å². The molecule has 1 aliphatic rings. The van der Waals surface area contributed by atoms with Gasteiger partial charge in [0.2, 0.25) is 0 Å². The number of rotatable bonds is 2. The van der Waals surface area contributed by atoms with Gasteiger partial charge < -0.3 is 4.98 Å². The SMILES string of the molecule is C1=Nc2ccccc2/C1=C(\c1ccc[nH+]c1)c1c[nH]c2ccccc12. The van der Waals surface area contributed by atoms with Crippen molar-refractivity contribution in [3.8, 4) is 0 Å². The lowest BCUT2D eigenvalue weighted by Gasteiger charge is -2.10. The molecule has 0 saturated carbocycles. The molecule has 0 unspecified atom stereocenters. The number of nitrogens with zero attached hydrogens (tertiary/aromatic N) is 1. The predicted molar refractivity (Wildman–Crippen MR) is 102 cm³/mol. The maximum Gasteiger partial charge on any atom is 0.174 e. The first-order valence-electron chi connectivity index (χ1n) is 8.32. The van der Waals surface area contributed by atoms with Crippen LogP contribution in [-0.4, -0.2) is 11.2 Å². The van der Waals surface area contributed by atoms with Crippen molar-refractivity contribution in [2.24, 2.45) is 4.99 Å². The third kappa shape index (κ3) is 2.21. The number of hydrogen-bond acceptors (Lipinski definition) is 1. The standard InChI is InChI=1S/C22H15N3/c1-3-9-20-16(7-1)18(13-24-20)22(15-6-5-11-23-12-15)19-14-25-21-10-4-2-8-17(19)21/h1-14,24H/p+1/b22-19+. The van der Waals surface area contributed by atoms with Crippen LogP contribution in [0, 0.1) is 0 Å². The molecule has 0 spiro atoms. The minimum Gasteiger partial charge on any atom is -0.361 e. The summed E-state index contributed by atoms with van der Waals surface area (Å²) < 4.78 is 0. The number of H-pyrrole nitrogens is 2. The molecule has 3 heterocycles. The van der Waals surface area contributed by atoms with Crippen LogP contribution in [0.3, 0.4) is 0 Å². The van der Waals surface area contributed by atoms with E-state index in [4.69, 9.17) is 0 Å². The van der Waals surface area contributed by atoms with E-state index in [9.17, 15) is 0 Å². The molecule has 3 heteroatoms. The lowest BCUT2D eigenvalue weighted by molar-refractivity contribution is -0.378. The molecule has 25 heavy (non-hydrogen) atoms. The van der Waals surface area contributed by atoms with Crippen molar-refractivity contribution in [2.75, 3.05) is 0 Å². The van der Waals surface area contributed by atoms with Crippen molar-refractivity contribution in [2.45, 2.75) is 0 Å². The summed E-state index contributed by atoms with van der Waals surface area (Å²) in [6.45, 7) is 0. The summed E-state index contributed by atoms with van der Waals surface area (Å²) >= 11 is 0. The Labute approximate surface area is 145 Å². The number of benzene rings is 2. The van der Waals surface area contributed by atoms with Crippen LogP contribution in [0.4, 0.5) is 5.69 Å². The highest BCUT2D eigenvalue weighted by Gasteiger charge is 2.21. The van der Waals surface area contributed by atoms with Crippen molar-refractivity contribution >= 4 is 34.0 Å². The van der Waals surface area contributed by atoms with Gasteiger partial charge in [-0.2, -0.15) is 0 Å². The monoisotopic (exact) mass is 322 g/mol. The Morgan fingerprint density at radius 3 is 2.72 bits per heavy atom. The zero-order valence-corrected chi connectivity index (χ0v) is 13.5. The van der Waals surface area contributed by atoms with Crippen LogP contribution in [0.1, 0.15) is 16.7 Å². The van der Waals surface area contributed by atoms with Crippen LogP contribution in [0.5, 0.6) is 0 Å². The molecule has 0 bridgehead atoms. The van der Waals surface area contributed by atoms with E-state index in [1.807, 2.05) is 30.7 Å². The number of allylic oxidation sites excluding steroid dienone is 1. The van der Waals surface area contributed by atoms with Gasteiger partial charge >= 0.3 is 0 Å². The summed E-state index contributed by atoms with van der Waals surface area (Å²) in [5.41, 5.74) is 8.00. The summed E-state index contributed by atoms with van der Waals surface area (Å²) in [5.74, 6) is 0. The summed E-state index contributed by atoms with van der Waals surface area (Å²) in [4.78, 5) is 11.2. The van der Waals surface area contributed by atoms with E-state index < -0.39 is 0 Å². The van der Waals surface area contributed by atoms with E-state index in [-0.39, 0.29) is 0 Å². The third-order valence-electron chi connectivity index (χ3n) is 4.65. The second kappa shape index (κ2) is 5.56. The average Bonchev–Trinajstić information content (AvgIpc) is 3.29. The maximum absolute atomic E-state index is 4.61.